The summed E-state index contributed by atoms with van der Waals surface area (Å²) in [5.74, 6) is -4.69. The lowest BCUT2D eigenvalue weighted by molar-refractivity contribution is -0.143. The largest absolute Gasteiger partial charge is 0.492 e. The second-order valence-corrected chi connectivity index (χ2v) is 12.2. The monoisotopic (exact) mass is 678 g/mol. The molecule has 0 radical (unpaired) electrons. The molecule has 0 bridgehead atoms. The highest BCUT2D eigenvalue weighted by Gasteiger charge is 2.38. The Bertz CT molecular complexity index is 1560. The maximum atomic E-state index is 13.3. The Balaban J connectivity index is 1.24. The van der Waals surface area contributed by atoms with E-state index in [-0.39, 0.29) is 58.4 Å². The van der Waals surface area contributed by atoms with Crippen LogP contribution in [0.4, 0.5) is 0 Å². The van der Waals surface area contributed by atoms with Gasteiger partial charge in [0.05, 0.1) is 38.1 Å². The van der Waals surface area contributed by atoms with Gasteiger partial charge in [-0.3, -0.25) is 24.0 Å². The van der Waals surface area contributed by atoms with Gasteiger partial charge in [-0.25, -0.2) is 4.79 Å². The van der Waals surface area contributed by atoms with Crippen molar-refractivity contribution in [1.29, 1.82) is 0 Å². The molecule has 2 aromatic rings. The Morgan fingerprint density at radius 3 is 1.73 bits per heavy atom. The van der Waals surface area contributed by atoms with Crippen LogP contribution in [0.15, 0.2) is 36.4 Å². The summed E-state index contributed by atoms with van der Waals surface area (Å²) in [6.07, 6.45) is -1.67. The van der Waals surface area contributed by atoms with E-state index in [1.54, 1.807) is 36.4 Å². The van der Waals surface area contributed by atoms with Crippen LogP contribution in [0.25, 0.3) is 0 Å². The third-order valence-corrected chi connectivity index (χ3v) is 8.77. The van der Waals surface area contributed by atoms with Gasteiger partial charge in [0.25, 0.3) is 0 Å². The molecule has 16 nitrogen and oxygen atoms in total. The molecule has 0 saturated carbocycles. The fourth-order valence-corrected chi connectivity index (χ4v) is 6.36. The molecule has 0 spiro atoms. The van der Waals surface area contributed by atoms with E-state index in [0.717, 1.165) is 11.1 Å². The van der Waals surface area contributed by atoms with Crippen LogP contribution in [0.2, 0.25) is 0 Å². The van der Waals surface area contributed by atoms with E-state index >= 15 is 0 Å². The molecule has 258 valence electrons. The molecule has 3 heterocycles. The number of rotatable bonds is 14. The minimum absolute atomic E-state index is 0.000572. The first-order valence-electron chi connectivity index (χ1n) is 15.8. The number of carbonyl (C=O) groups excluding carboxylic acids is 4. The summed E-state index contributed by atoms with van der Waals surface area (Å²) < 4.78 is 10.6. The third-order valence-electron chi connectivity index (χ3n) is 8.77. The van der Waals surface area contributed by atoms with Crippen molar-refractivity contribution in [1.82, 2.24) is 20.9 Å². The first kappa shape index (κ1) is 35.5. The summed E-state index contributed by atoms with van der Waals surface area (Å²) in [4.78, 5) is 75.8. The van der Waals surface area contributed by atoms with Crippen LogP contribution in [0, 0.1) is 0 Å². The maximum absolute atomic E-state index is 13.3. The molecule has 0 aliphatic carbocycles. The Morgan fingerprint density at radius 1 is 0.755 bits per heavy atom. The molecule has 4 amide bonds. The van der Waals surface area contributed by atoms with Crippen molar-refractivity contribution in [3.63, 3.8) is 0 Å². The van der Waals surface area contributed by atoms with E-state index in [0.29, 0.717) is 22.1 Å². The molecule has 0 aromatic heterocycles. The number of hydrogen-bond donors (Lipinski definition) is 7. The Hall–Kier alpha value is -4.77. The maximum Gasteiger partial charge on any atom is 0.492 e. The number of carbonyl (C=O) groups is 6. The van der Waals surface area contributed by atoms with Crippen LogP contribution < -0.4 is 26.9 Å². The Kier molecular flexibility index (Phi) is 11.3. The number of nitrogens with zero attached hydrogens (tertiary/aromatic N) is 1. The van der Waals surface area contributed by atoms with Gasteiger partial charge in [0.2, 0.25) is 23.6 Å². The summed E-state index contributed by atoms with van der Waals surface area (Å²) in [5, 5.41) is 46.7. The highest BCUT2D eigenvalue weighted by Crippen LogP contribution is 2.17. The topological polar surface area (TPSA) is 241 Å². The molecule has 5 rings (SSSR count). The number of nitrogens with one attached hydrogen (secondary N) is 3. The van der Waals surface area contributed by atoms with Gasteiger partial charge in [-0.15, -0.1) is 0 Å². The van der Waals surface area contributed by atoms with Crippen LogP contribution >= 0.6 is 0 Å². The van der Waals surface area contributed by atoms with Crippen molar-refractivity contribution in [3.05, 3.63) is 58.7 Å². The summed E-state index contributed by atoms with van der Waals surface area (Å²) in [6, 6.07) is 7.63. The van der Waals surface area contributed by atoms with E-state index in [1.165, 1.54) is 4.90 Å². The van der Waals surface area contributed by atoms with E-state index in [4.69, 9.17) is 14.4 Å². The molecule has 3 atom stereocenters. The fourth-order valence-electron chi connectivity index (χ4n) is 6.36. The smallest absolute Gasteiger partial charge is 0.481 e. The molecule has 3 aliphatic rings. The predicted molar refractivity (Wildman–Crippen MR) is 171 cm³/mol. The summed E-state index contributed by atoms with van der Waals surface area (Å²) in [5.41, 5.74) is 3.73. The van der Waals surface area contributed by atoms with E-state index in [1.807, 2.05) is 0 Å². The minimum atomic E-state index is -1.43. The van der Waals surface area contributed by atoms with Crippen LogP contribution in [-0.4, -0.2) is 106 Å². The van der Waals surface area contributed by atoms with Crippen molar-refractivity contribution < 1.29 is 58.3 Å². The van der Waals surface area contributed by atoms with E-state index in [2.05, 4.69) is 16.0 Å². The fraction of sp³-hybridized carbons (Fsp3) is 0.419. The Morgan fingerprint density at radius 2 is 1.27 bits per heavy atom. The molecular formula is C31H36B2N4O12. The standard InChI is InChI=1S/C31H36B2N4O12/c38-24(34-21(31(44)45)7-10-28(42)43)8-9-27(41)37-13-22(35-25(39)11-17-3-1-5-19-15-48-32(46)29(17)19)23(14-37)36-26(40)12-18-4-2-6-20-16-49-33(47)30(18)20/h1-6,21-23,46-47H,7-16H2,(H,34,38)(H,35,39)(H,36,40)(H,42,43)(H,44,45)/t21-,22?,23?/m0/s1. The molecule has 49 heavy (non-hydrogen) atoms. The van der Waals surface area contributed by atoms with Gasteiger partial charge < -0.3 is 50.4 Å². The van der Waals surface area contributed by atoms with Crippen molar-refractivity contribution in [2.24, 2.45) is 0 Å². The number of aliphatic carboxylic acids is 2. The number of likely N-dealkylation sites (tertiary alicyclic amines) is 1. The molecule has 18 heteroatoms. The lowest BCUT2D eigenvalue weighted by atomic mass is 9.75. The number of benzene rings is 2. The molecule has 7 N–H and O–H groups in total. The second kappa shape index (κ2) is 15.6. The van der Waals surface area contributed by atoms with Crippen molar-refractivity contribution >= 4 is 60.7 Å². The first-order valence-corrected chi connectivity index (χ1v) is 15.8. The SMILES string of the molecule is O=C(O)CC[C@H](NC(=O)CCC(=O)N1CC(NC(=O)Cc2cccc3c2B(O)OC3)C(NC(=O)Cc2cccc3c2B(O)OC3)C1)C(=O)O. The van der Waals surface area contributed by atoms with Crippen LogP contribution in [0.3, 0.4) is 0 Å². The first-order chi connectivity index (χ1) is 23.4. The highest BCUT2D eigenvalue weighted by atomic mass is 16.5. The van der Waals surface area contributed by atoms with Gasteiger partial charge in [-0.2, -0.15) is 0 Å². The second-order valence-electron chi connectivity index (χ2n) is 12.2. The van der Waals surface area contributed by atoms with Crippen molar-refractivity contribution in [3.8, 4) is 0 Å². The van der Waals surface area contributed by atoms with Crippen LogP contribution in [0.1, 0.15) is 47.9 Å². The van der Waals surface area contributed by atoms with E-state index < -0.39 is 74.4 Å². The normalized spacial score (nSPS) is 18.4. The zero-order valence-electron chi connectivity index (χ0n) is 26.4. The van der Waals surface area contributed by atoms with E-state index in [9.17, 15) is 43.9 Å². The average molecular weight is 678 g/mol. The molecule has 2 aromatic carbocycles. The Labute approximate surface area is 281 Å². The lowest BCUT2D eigenvalue weighted by Crippen LogP contribution is -2.52. The molecule has 1 fully saturated rings. The lowest BCUT2D eigenvalue weighted by Gasteiger charge is -2.21. The average Bonchev–Trinajstić information content (AvgIpc) is 3.75. The van der Waals surface area contributed by atoms with Crippen molar-refractivity contribution in [2.75, 3.05) is 13.1 Å². The van der Waals surface area contributed by atoms with Gasteiger partial charge in [-0.1, -0.05) is 36.4 Å². The van der Waals surface area contributed by atoms with Crippen LogP contribution in [-0.2, 0) is 64.1 Å². The zero-order chi connectivity index (χ0) is 35.2. The van der Waals surface area contributed by atoms with Crippen molar-refractivity contribution in [2.45, 2.75) is 69.9 Å². The zero-order valence-corrected chi connectivity index (χ0v) is 26.4. The highest BCUT2D eigenvalue weighted by molar-refractivity contribution is 6.62. The predicted octanol–water partition coefficient (Wildman–Crippen LogP) is -3.07. The van der Waals surface area contributed by atoms with Gasteiger partial charge in [0, 0.05) is 32.4 Å². The number of fused-ring (bicyclic) bond motifs is 2. The van der Waals surface area contributed by atoms with Crippen LogP contribution in [0.5, 0.6) is 0 Å². The molecule has 2 unspecified atom stereocenters. The molecular weight excluding hydrogens is 642 g/mol. The third kappa shape index (κ3) is 8.83. The summed E-state index contributed by atoms with van der Waals surface area (Å²) >= 11 is 0. The number of carboxylic acids is 2. The number of amides is 4. The molecule has 3 aliphatic heterocycles. The minimum Gasteiger partial charge on any atom is -0.481 e. The number of hydrogen-bond acceptors (Lipinski definition) is 10. The molecule has 1 saturated heterocycles. The van der Waals surface area contributed by atoms with Gasteiger partial charge in [0.15, 0.2) is 0 Å². The van der Waals surface area contributed by atoms with Gasteiger partial charge >= 0.3 is 26.2 Å². The van der Waals surface area contributed by atoms with Gasteiger partial charge in [0.1, 0.15) is 6.04 Å². The van der Waals surface area contributed by atoms with Gasteiger partial charge in [-0.05, 0) is 39.6 Å². The quantitative estimate of drug-likeness (QED) is 0.0986. The summed E-state index contributed by atoms with van der Waals surface area (Å²) in [7, 11) is -2.32. The summed E-state index contributed by atoms with van der Waals surface area (Å²) in [6.45, 7) is 0.425. The number of carboxylic acid groups (broad SMARTS) is 2.